The second-order valence-corrected chi connectivity index (χ2v) is 6.15. The van der Waals surface area contributed by atoms with Crippen LogP contribution in [0.5, 0.6) is 0 Å². The van der Waals surface area contributed by atoms with E-state index in [1.54, 1.807) is 6.92 Å². The largest absolute Gasteiger partial charge is 0.480 e. The fourth-order valence-electron chi connectivity index (χ4n) is 3.13. The summed E-state index contributed by atoms with van der Waals surface area (Å²) >= 11 is 0. The van der Waals surface area contributed by atoms with Crippen molar-refractivity contribution in [2.75, 3.05) is 6.54 Å². The van der Waals surface area contributed by atoms with Crippen LogP contribution in [-0.2, 0) is 9.59 Å². The second-order valence-electron chi connectivity index (χ2n) is 6.15. The maximum atomic E-state index is 12.5. The van der Waals surface area contributed by atoms with Crippen molar-refractivity contribution in [3.8, 4) is 0 Å². The number of nitrogens with zero attached hydrogens (tertiary/aromatic N) is 3. The maximum absolute atomic E-state index is 12.5. The number of amides is 1. The number of hydrogen-bond acceptors (Lipinski definition) is 3. The number of aromatic nitrogens is 2. The van der Waals surface area contributed by atoms with Crippen LogP contribution in [0.2, 0.25) is 0 Å². The van der Waals surface area contributed by atoms with Gasteiger partial charge in [0.15, 0.2) is 0 Å². The minimum atomic E-state index is -1.06. The molecule has 1 aromatic rings. The molecular formula is C15H23N3O3. The Labute approximate surface area is 124 Å². The van der Waals surface area contributed by atoms with Crippen molar-refractivity contribution in [2.45, 2.75) is 58.5 Å². The van der Waals surface area contributed by atoms with E-state index < -0.39 is 11.5 Å². The molecule has 1 aliphatic rings. The lowest BCUT2D eigenvalue weighted by atomic mass is 9.99. The third-order valence-corrected chi connectivity index (χ3v) is 4.33. The van der Waals surface area contributed by atoms with E-state index in [2.05, 4.69) is 5.10 Å². The van der Waals surface area contributed by atoms with Gasteiger partial charge in [0.05, 0.1) is 11.7 Å². The van der Waals surface area contributed by atoms with Crippen LogP contribution in [0, 0.1) is 13.8 Å². The molecule has 6 nitrogen and oxygen atoms in total. The van der Waals surface area contributed by atoms with Crippen LogP contribution in [0.15, 0.2) is 6.07 Å². The molecule has 0 bridgehead atoms. The predicted octanol–water partition coefficient (Wildman–Crippen LogP) is 1.92. The van der Waals surface area contributed by atoms with E-state index in [1.807, 2.05) is 31.5 Å². The predicted molar refractivity (Wildman–Crippen MR) is 78.0 cm³/mol. The van der Waals surface area contributed by atoms with Gasteiger partial charge in [0.2, 0.25) is 5.91 Å². The zero-order valence-corrected chi connectivity index (χ0v) is 13.1. The fraction of sp³-hybridized carbons (Fsp3) is 0.667. The maximum Gasteiger partial charge on any atom is 0.329 e. The molecule has 0 saturated carbocycles. The van der Waals surface area contributed by atoms with E-state index in [4.69, 9.17) is 0 Å². The lowest BCUT2D eigenvalue weighted by Crippen LogP contribution is -2.51. The summed E-state index contributed by atoms with van der Waals surface area (Å²) in [4.78, 5) is 25.4. The van der Waals surface area contributed by atoms with Crippen LogP contribution >= 0.6 is 0 Å². The first-order chi connectivity index (χ1) is 9.75. The molecule has 0 aliphatic carbocycles. The minimum absolute atomic E-state index is 0.0788. The fourth-order valence-corrected chi connectivity index (χ4v) is 3.13. The smallest absolute Gasteiger partial charge is 0.329 e. The molecule has 2 heterocycles. The Morgan fingerprint density at radius 3 is 2.67 bits per heavy atom. The summed E-state index contributed by atoms with van der Waals surface area (Å²) in [5.74, 6) is -1.04. The van der Waals surface area contributed by atoms with Crippen molar-refractivity contribution in [3.05, 3.63) is 17.5 Å². The molecule has 2 atom stereocenters. The van der Waals surface area contributed by atoms with Gasteiger partial charge >= 0.3 is 5.97 Å². The average molecular weight is 293 g/mol. The second kappa shape index (κ2) is 5.50. The average Bonchev–Trinajstić information content (AvgIpc) is 2.93. The number of likely N-dealkylation sites (tertiary alicyclic amines) is 1. The quantitative estimate of drug-likeness (QED) is 0.920. The van der Waals surface area contributed by atoms with E-state index in [1.165, 1.54) is 4.90 Å². The highest BCUT2D eigenvalue weighted by atomic mass is 16.4. The number of carbonyl (C=O) groups excluding carboxylic acids is 1. The van der Waals surface area contributed by atoms with Gasteiger partial charge in [0, 0.05) is 18.7 Å². The molecular weight excluding hydrogens is 270 g/mol. The lowest BCUT2D eigenvalue weighted by Gasteiger charge is -2.32. The first-order valence-corrected chi connectivity index (χ1v) is 7.32. The lowest BCUT2D eigenvalue weighted by molar-refractivity contribution is -0.155. The van der Waals surface area contributed by atoms with E-state index in [0.717, 1.165) is 17.8 Å². The van der Waals surface area contributed by atoms with Crippen LogP contribution in [0.3, 0.4) is 0 Å². The molecule has 0 spiro atoms. The van der Waals surface area contributed by atoms with Crippen molar-refractivity contribution in [1.29, 1.82) is 0 Å². The first-order valence-electron chi connectivity index (χ1n) is 7.32. The molecule has 1 saturated heterocycles. The van der Waals surface area contributed by atoms with Gasteiger partial charge in [0.25, 0.3) is 0 Å². The molecule has 1 N–H and O–H groups in total. The van der Waals surface area contributed by atoms with Crippen LogP contribution in [0.25, 0.3) is 0 Å². The Balaban J connectivity index is 2.11. The van der Waals surface area contributed by atoms with Crippen LogP contribution in [-0.4, -0.2) is 43.7 Å². The number of carbonyl (C=O) groups is 2. The Morgan fingerprint density at radius 2 is 2.14 bits per heavy atom. The van der Waals surface area contributed by atoms with Crippen LogP contribution in [0.4, 0.5) is 0 Å². The Hall–Kier alpha value is -1.85. The van der Waals surface area contributed by atoms with E-state index in [-0.39, 0.29) is 18.4 Å². The molecule has 2 unspecified atom stereocenters. The molecule has 1 aromatic heterocycles. The van der Waals surface area contributed by atoms with Gasteiger partial charge < -0.3 is 10.0 Å². The SMILES string of the molecule is Cc1cc(C)n(C(C)CC(=O)N2CCCC2(C)C(=O)O)n1. The summed E-state index contributed by atoms with van der Waals surface area (Å²) in [6.07, 6.45) is 1.52. The monoisotopic (exact) mass is 293 g/mol. The molecule has 21 heavy (non-hydrogen) atoms. The molecule has 6 heteroatoms. The molecule has 1 amide bonds. The van der Waals surface area contributed by atoms with Gasteiger partial charge in [-0.1, -0.05) is 0 Å². The highest BCUT2D eigenvalue weighted by Crippen LogP contribution is 2.31. The van der Waals surface area contributed by atoms with Crippen molar-refractivity contribution in [3.63, 3.8) is 0 Å². The van der Waals surface area contributed by atoms with Crippen LogP contribution < -0.4 is 0 Å². The normalized spacial score (nSPS) is 23.3. The third kappa shape index (κ3) is 2.80. The van der Waals surface area contributed by atoms with Crippen molar-refractivity contribution < 1.29 is 14.7 Å². The summed E-state index contributed by atoms with van der Waals surface area (Å²) < 4.78 is 1.83. The number of aryl methyl sites for hydroxylation is 2. The summed E-state index contributed by atoms with van der Waals surface area (Å²) in [6, 6.07) is 1.89. The Bertz CT molecular complexity index is 567. The van der Waals surface area contributed by atoms with Crippen molar-refractivity contribution in [2.24, 2.45) is 0 Å². The van der Waals surface area contributed by atoms with Gasteiger partial charge in [-0.3, -0.25) is 9.48 Å². The van der Waals surface area contributed by atoms with Gasteiger partial charge in [0.1, 0.15) is 5.54 Å². The number of hydrogen-bond donors (Lipinski definition) is 1. The Kier molecular flexibility index (Phi) is 4.07. The molecule has 0 radical (unpaired) electrons. The summed E-state index contributed by atoms with van der Waals surface area (Å²) in [6.45, 7) is 7.96. The number of rotatable bonds is 4. The van der Waals surface area contributed by atoms with Crippen molar-refractivity contribution in [1.82, 2.24) is 14.7 Å². The topological polar surface area (TPSA) is 75.4 Å². The highest BCUT2D eigenvalue weighted by molar-refractivity contribution is 5.87. The standard InChI is InChI=1S/C15H23N3O3/c1-10-8-11(2)18(16-10)12(3)9-13(19)17-7-5-6-15(17,4)14(20)21/h8,12H,5-7,9H2,1-4H3,(H,20,21). The molecule has 2 rings (SSSR count). The first kappa shape index (κ1) is 15.5. The minimum Gasteiger partial charge on any atom is -0.480 e. The highest BCUT2D eigenvalue weighted by Gasteiger charge is 2.45. The summed E-state index contributed by atoms with van der Waals surface area (Å²) in [7, 11) is 0. The number of carboxylic acids is 1. The number of carboxylic acid groups (broad SMARTS) is 1. The van der Waals surface area contributed by atoms with Gasteiger partial charge in [-0.2, -0.15) is 5.10 Å². The van der Waals surface area contributed by atoms with Gasteiger partial charge in [-0.05, 0) is 46.6 Å². The molecule has 1 fully saturated rings. The van der Waals surface area contributed by atoms with E-state index >= 15 is 0 Å². The van der Waals surface area contributed by atoms with Gasteiger partial charge in [-0.15, -0.1) is 0 Å². The van der Waals surface area contributed by atoms with Crippen molar-refractivity contribution >= 4 is 11.9 Å². The van der Waals surface area contributed by atoms with E-state index in [9.17, 15) is 14.7 Å². The zero-order chi connectivity index (χ0) is 15.8. The summed E-state index contributed by atoms with van der Waals surface area (Å²) in [5, 5.41) is 13.8. The Morgan fingerprint density at radius 1 is 1.48 bits per heavy atom. The zero-order valence-electron chi connectivity index (χ0n) is 13.1. The molecule has 0 aromatic carbocycles. The van der Waals surface area contributed by atoms with Gasteiger partial charge in [-0.25, -0.2) is 4.79 Å². The molecule has 1 aliphatic heterocycles. The third-order valence-electron chi connectivity index (χ3n) is 4.33. The molecule has 116 valence electrons. The van der Waals surface area contributed by atoms with E-state index in [0.29, 0.717) is 13.0 Å². The van der Waals surface area contributed by atoms with Crippen LogP contribution in [0.1, 0.15) is 50.5 Å². The number of aliphatic carboxylic acids is 1. The summed E-state index contributed by atoms with van der Waals surface area (Å²) in [5.41, 5.74) is 0.866.